The highest BCUT2D eigenvalue weighted by molar-refractivity contribution is 5.99. The Labute approximate surface area is 176 Å². The number of fused-ring (bicyclic) bond motifs is 4. The van der Waals surface area contributed by atoms with Gasteiger partial charge in [0.05, 0.1) is 6.04 Å². The normalized spacial score (nSPS) is 19.8. The lowest BCUT2D eigenvalue weighted by Gasteiger charge is -2.41. The molecule has 1 aromatic heterocycles. The van der Waals surface area contributed by atoms with Crippen molar-refractivity contribution in [1.29, 1.82) is 0 Å². The third-order valence-corrected chi connectivity index (χ3v) is 5.53. The van der Waals surface area contributed by atoms with Crippen molar-refractivity contribution in [3.63, 3.8) is 0 Å². The number of hydrogen-bond acceptors (Lipinski definition) is 5. The van der Waals surface area contributed by atoms with E-state index in [9.17, 15) is 28.3 Å². The quantitative estimate of drug-likeness (QED) is 0.719. The summed E-state index contributed by atoms with van der Waals surface area (Å²) in [5.74, 6) is -3.81. The Hall–Kier alpha value is -3.69. The number of halogens is 2. The topological polar surface area (TPSA) is 94.9 Å². The molecule has 31 heavy (non-hydrogen) atoms. The summed E-state index contributed by atoms with van der Waals surface area (Å²) in [4.78, 5) is 39.7. The van der Waals surface area contributed by atoms with Crippen molar-refractivity contribution < 1.29 is 23.5 Å². The standard InChI is InChI=1S/C21H20F2N4O4/c1-11-3-4-12(2)27-10-25(11)21(31)17-19(29)18(28)15(9-26(17)27)20(30)24-8-13-5-6-14(22)7-16(13)23/h3-7,9,11-12,29H,8,10H2,1-2H3,(H,24,30)/t11-,12-/m1/s1. The van der Waals surface area contributed by atoms with E-state index in [4.69, 9.17) is 0 Å². The molecule has 0 saturated carbocycles. The maximum Gasteiger partial charge on any atom is 0.278 e. The number of amides is 2. The summed E-state index contributed by atoms with van der Waals surface area (Å²) in [7, 11) is 0. The summed E-state index contributed by atoms with van der Waals surface area (Å²) in [5.41, 5.74) is -1.60. The van der Waals surface area contributed by atoms with Crippen LogP contribution in [0.2, 0.25) is 0 Å². The number of hydrogen-bond donors (Lipinski definition) is 2. The summed E-state index contributed by atoms with van der Waals surface area (Å²) >= 11 is 0. The van der Waals surface area contributed by atoms with Gasteiger partial charge in [0, 0.05) is 30.4 Å². The molecule has 0 spiro atoms. The lowest BCUT2D eigenvalue weighted by Crippen LogP contribution is -2.57. The highest BCUT2D eigenvalue weighted by atomic mass is 19.1. The van der Waals surface area contributed by atoms with Crippen molar-refractivity contribution in [2.45, 2.75) is 32.5 Å². The van der Waals surface area contributed by atoms with Gasteiger partial charge in [-0.3, -0.25) is 24.1 Å². The van der Waals surface area contributed by atoms with Crippen molar-refractivity contribution in [2.75, 3.05) is 11.7 Å². The minimum Gasteiger partial charge on any atom is -0.502 e. The van der Waals surface area contributed by atoms with Gasteiger partial charge in [-0.1, -0.05) is 18.2 Å². The number of pyridine rings is 1. The Bertz CT molecular complexity index is 1180. The number of benzene rings is 1. The molecule has 3 heterocycles. The number of nitrogens with zero attached hydrogens (tertiary/aromatic N) is 3. The first-order valence-electron chi connectivity index (χ1n) is 9.66. The Morgan fingerprint density at radius 3 is 2.61 bits per heavy atom. The molecule has 162 valence electrons. The minimum absolute atomic E-state index is 0.0307. The van der Waals surface area contributed by atoms with Gasteiger partial charge in [-0.15, -0.1) is 0 Å². The van der Waals surface area contributed by atoms with Crippen LogP contribution >= 0.6 is 0 Å². The van der Waals surface area contributed by atoms with Crippen LogP contribution in [0, 0.1) is 11.6 Å². The van der Waals surface area contributed by atoms with Crippen LogP contribution in [0.4, 0.5) is 8.78 Å². The molecule has 0 radical (unpaired) electrons. The van der Waals surface area contributed by atoms with E-state index in [1.165, 1.54) is 21.8 Å². The van der Waals surface area contributed by atoms with Crippen LogP contribution < -0.4 is 15.8 Å². The molecule has 2 aliphatic rings. The molecule has 10 heteroatoms. The smallest absolute Gasteiger partial charge is 0.278 e. The molecule has 4 rings (SSSR count). The molecule has 0 unspecified atom stereocenters. The summed E-state index contributed by atoms with van der Waals surface area (Å²) < 4.78 is 28.2. The molecule has 1 aromatic carbocycles. The zero-order valence-corrected chi connectivity index (χ0v) is 16.8. The van der Waals surface area contributed by atoms with E-state index >= 15 is 0 Å². The molecule has 0 aliphatic carbocycles. The van der Waals surface area contributed by atoms with Gasteiger partial charge >= 0.3 is 0 Å². The zero-order valence-electron chi connectivity index (χ0n) is 16.8. The summed E-state index contributed by atoms with van der Waals surface area (Å²) in [6.45, 7) is 3.61. The SMILES string of the molecule is C[C@@H]1C=C[C@@H](C)N2CN1C(=O)c1c(O)c(=O)c(C(=O)NCc3ccc(F)cc3F)cn12. The number of rotatable bonds is 3. The van der Waals surface area contributed by atoms with Gasteiger partial charge in [0.25, 0.3) is 11.8 Å². The van der Waals surface area contributed by atoms with Crippen LogP contribution in [0.3, 0.4) is 0 Å². The molecule has 2 aromatic rings. The molecule has 8 nitrogen and oxygen atoms in total. The van der Waals surface area contributed by atoms with Gasteiger partial charge in [-0.25, -0.2) is 8.78 Å². The summed E-state index contributed by atoms with van der Waals surface area (Å²) in [6.07, 6.45) is 4.94. The van der Waals surface area contributed by atoms with Gasteiger partial charge in [0.1, 0.15) is 23.9 Å². The van der Waals surface area contributed by atoms with Crippen LogP contribution in [0.15, 0.2) is 41.3 Å². The first-order chi connectivity index (χ1) is 14.7. The fourth-order valence-corrected chi connectivity index (χ4v) is 3.68. The first-order valence-corrected chi connectivity index (χ1v) is 9.66. The predicted molar refractivity (Wildman–Crippen MR) is 107 cm³/mol. The Morgan fingerprint density at radius 2 is 1.90 bits per heavy atom. The second-order valence-electron chi connectivity index (χ2n) is 7.55. The Morgan fingerprint density at radius 1 is 1.19 bits per heavy atom. The molecule has 2 amide bonds. The zero-order chi connectivity index (χ0) is 22.4. The van der Waals surface area contributed by atoms with E-state index < -0.39 is 40.2 Å². The fraction of sp³-hybridized carbons (Fsp3) is 0.286. The Kier molecular flexibility index (Phi) is 5.00. The van der Waals surface area contributed by atoms with Crippen LogP contribution in [0.1, 0.15) is 40.3 Å². The monoisotopic (exact) mass is 430 g/mol. The van der Waals surface area contributed by atoms with Gasteiger partial charge in [-0.2, -0.15) is 0 Å². The van der Waals surface area contributed by atoms with E-state index in [1.807, 2.05) is 26.0 Å². The van der Waals surface area contributed by atoms with E-state index in [1.54, 1.807) is 5.01 Å². The average molecular weight is 430 g/mol. The largest absolute Gasteiger partial charge is 0.502 e. The second kappa shape index (κ2) is 7.53. The van der Waals surface area contributed by atoms with Gasteiger partial charge < -0.3 is 15.3 Å². The highest BCUT2D eigenvalue weighted by Crippen LogP contribution is 2.26. The van der Waals surface area contributed by atoms with Gasteiger partial charge in [-0.05, 0) is 19.9 Å². The third-order valence-electron chi connectivity index (χ3n) is 5.53. The molecular weight excluding hydrogens is 410 g/mol. The summed E-state index contributed by atoms with van der Waals surface area (Å²) in [5, 5.41) is 14.6. The third kappa shape index (κ3) is 3.43. The maximum atomic E-state index is 13.8. The lowest BCUT2D eigenvalue weighted by molar-refractivity contribution is 0.0652. The van der Waals surface area contributed by atoms with Crippen LogP contribution in [-0.2, 0) is 6.54 Å². The second-order valence-corrected chi connectivity index (χ2v) is 7.55. The van der Waals surface area contributed by atoms with Crippen LogP contribution in [0.5, 0.6) is 5.75 Å². The predicted octanol–water partition coefficient (Wildman–Crippen LogP) is 1.46. The van der Waals surface area contributed by atoms with Crippen LogP contribution in [0.25, 0.3) is 0 Å². The van der Waals surface area contributed by atoms with E-state index in [0.29, 0.717) is 6.07 Å². The van der Waals surface area contributed by atoms with Gasteiger partial charge in [0.15, 0.2) is 11.4 Å². The molecule has 2 bridgehead atoms. The first kappa shape index (κ1) is 20.6. The average Bonchev–Trinajstić information content (AvgIpc) is 2.85. The highest BCUT2D eigenvalue weighted by Gasteiger charge is 2.38. The number of carbonyl (C=O) groups excluding carboxylic acids is 2. The fourth-order valence-electron chi connectivity index (χ4n) is 3.68. The van der Waals surface area contributed by atoms with Crippen LogP contribution in [-0.4, -0.2) is 45.2 Å². The molecule has 0 saturated heterocycles. The van der Waals surface area contributed by atoms with Crippen molar-refractivity contribution in [1.82, 2.24) is 14.9 Å². The van der Waals surface area contributed by atoms with Crippen molar-refractivity contribution >= 4 is 11.8 Å². The number of aromatic hydroxyl groups is 1. The molecule has 0 fully saturated rings. The molecule has 2 atom stereocenters. The molecule has 2 aliphatic heterocycles. The van der Waals surface area contributed by atoms with E-state index in [0.717, 1.165) is 6.07 Å². The number of nitrogens with one attached hydrogen (secondary N) is 1. The molecule has 2 N–H and O–H groups in total. The van der Waals surface area contributed by atoms with E-state index in [-0.39, 0.29) is 36.6 Å². The number of aromatic nitrogens is 1. The number of carbonyl (C=O) groups is 2. The molecular formula is C21H20F2N4O4. The van der Waals surface area contributed by atoms with Gasteiger partial charge in [0.2, 0.25) is 5.43 Å². The Balaban J connectivity index is 1.70. The lowest BCUT2D eigenvalue weighted by atomic mass is 10.1. The van der Waals surface area contributed by atoms with Crippen molar-refractivity contribution in [3.05, 3.63) is 75.2 Å². The maximum absolute atomic E-state index is 13.8. The van der Waals surface area contributed by atoms with Crippen molar-refractivity contribution in [2.24, 2.45) is 0 Å². The van der Waals surface area contributed by atoms with Crippen molar-refractivity contribution in [3.8, 4) is 5.75 Å². The summed E-state index contributed by atoms with van der Waals surface area (Å²) in [6, 6.07) is 2.49. The van der Waals surface area contributed by atoms with E-state index in [2.05, 4.69) is 5.32 Å². The minimum atomic E-state index is -1.01.